The summed E-state index contributed by atoms with van der Waals surface area (Å²) in [4.78, 5) is 14.8. The fraction of sp³-hybridized carbons (Fsp3) is 0.722. The predicted molar refractivity (Wildman–Crippen MR) is 88.5 cm³/mol. The average Bonchev–Trinajstić information content (AvgIpc) is 2.50. The van der Waals surface area contributed by atoms with E-state index in [1.165, 1.54) is 12.8 Å². The molecule has 1 unspecified atom stereocenters. The summed E-state index contributed by atoms with van der Waals surface area (Å²) >= 11 is 0. The molecule has 0 aliphatic carbocycles. The Morgan fingerprint density at radius 2 is 1.86 bits per heavy atom. The van der Waals surface area contributed by atoms with E-state index in [9.17, 15) is 4.79 Å². The van der Waals surface area contributed by atoms with E-state index in [0.29, 0.717) is 0 Å². The Bertz CT molecular complexity index is 352. The van der Waals surface area contributed by atoms with Crippen LogP contribution < -0.4 is 0 Å². The number of carboxylic acids is 1. The topological polar surface area (TPSA) is 66.8 Å². The van der Waals surface area contributed by atoms with Gasteiger partial charge in [0.25, 0.3) is 0 Å². The van der Waals surface area contributed by atoms with Crippen molar-refractivity contribution < 1.29 is 20.0 Å². The first kappa shape index (κ1) is 20.7. The molecule has 0 radical (unpaired) electrons. The molecule has 0 fully saturated rings. The highest BCUT2D eigenvalue weighted by atomic mass is 17.1. The molecule has 0 heterocycles. The number of rotatable bonds is 13. The molecular weight excluding hydrogens is 280 g/mol. The standard InChI is InChI=1S/C18H30O4/c1-2-3-4-5-6-8-11-14-17(22-21)15-12-9-7-10-13-16-18(19)20/h11,14,17,21H,2-5,7,9-10,12-13,15-16H2,1H3,(H,19,20)/b14-11+. The van der Waals surface area contributed by atoms with E-state index in [1.54, 1.807) is 12.2 Å². The lowest BCUT2D eigenvalue weighted by atomic mass is 10.1. The molecule has 2 N–H and O–H groups in total. The van der Waals surface area contributed by atoms with E-state index in [-0.39, 0.29) is 12.5 Å². The number of carboxylic acid groups (broad SMARTS) is 1. The summed E-state index contributed by atoms with van der Waals surface area (Å²) in [6, 6.07) is 0. The molecule has 4 heteroatoms. The zero-order chi connectivity index (χ0) is 16.5. The van der Waals surface area contributed by atoms with Crippen LogP contribution in [0.5, 0.6) is 0 Å². The van der Waals surface area contributed by atoms with Crippen molar-refractivity contribution in [3.8, 4) is 11.8 Å². The molecule has 0 saturated carbocycles. The summed E-state index contributed by atoms with van der Waals surface area (Å²) in [5, 5.41) is 17.4. The van der Waals surface area contributed by atoms with Gasteiger partial charge in [0.05, 0.1) is 0 Å². The molecule has 22 heavy (non-hydrogen) atoms. The van der Waals surface area contributed by atoms with E-state index in [4.69, 9.17) is 10.4 Å². The quantitative estimate of drug-likeness (QED) is 0.222. The summed E-state index contributed by atoms with van der Waals surface area (Å²) in [7, 11) is 0. The average molecular weight is 310 g/mol. The smallest absolute Gasteiger partial charge is 0.303 e. The van der Waals surface area contributed by atoms with Gasteiger partial charge in [-0.05, 0) is 31.4 Å². The van der Waals surface area contributed by atoms with Crippen LogP contribution in [-0.4, -0.2) is 22.4 Å². The molecular formula is C18H30O4. The van der Waals surface area contributed by atoms with Crippen LogP contribution in [-0.2, 0) is 9.68 Å². The summed E-state index contributed by atoms with van der Waals surface area (Å²) in [5.41, 5.74) is 0. The van der Waals surface area contributed by atoms with E-state index >= 15 is 0 Å². The molecule has 0 aliphatic rings. The van der Waals surface area contributed by atoms with Gasteiger partial charge in [-0.1, -0.05) is 57.3 Å². The first-order chi connectivity index (χ1) is 10.7. The van der Waals surface area contributed by atoms with Crippen molar-refractivity contribution in [2.24, 2.45) is 0 Å². The summed E-state index contributed by atoms with van der Waals surface area (Å²) in [6.07, 6.45) is 13.4. The van der Waals surface area contributed by atoms with Gasteiger partial charge in [-0.3, -0.25) is 10.1 Å². The molecule has 4 nitrogen and oxygen atoms in total. The van der Waals surface area contributed by atoms with Gasteiger partial charge in [0.2, 0.25) is 0 Å². The largest absolute Gasteiger partial charge is 0.481 e. The van der Waals surface area contributed by atoms with Crippen LogP contribution in [0.4, 0.5) is 0 Å². The van der Waals surface area contributed by atoms with E-state index in [2.05, 4.69) is 23.7 Å². The number of aliphatic carboxylic acids is 1. The fourth-order valence-corrected chi connectivity index (χ4v) is 2.09. The third-order valence-corrected chi connectivity index (χ3v) is 3.42. The molecule has 0 saturated heterocycles. The van der Waals surface area contributed by atoms with E-state index in [1.807, 2.05) is 0 Å². The van der Waals surface area contributed by atoms with Crippen molar-refractivity contribution >= 4 is 5.97 Å². The number of hydrogen-bond acceptors (Lipinski definition) is 3. The Kier molecular flexibility index (Phi) is 15.1. The van der Waals surface area contributed by atoms with Gasteiger partial charge < -0.3 is 5.11 Å². The van der Waals surface area contributed by atoms with Gasteiger partial charge in [0, 0.05) is 12.8 Å². The molecule has 0 aliphatic heterocycles. The zero-order valence-electron chi connectivity index (χ0n) is 13.7. The van der Waals surface area contributed by atoms with Gasteiger partial charge in [0.1, 0.15) is 6.10 Å². The minimum Gasteiger partial charge on any atom is -0.481 e. The number of unbranched alkanes of at least 4 members (excludes halogenated alkanes) is 7. The first-order valence-corrected chi connectivity index (χ1v) is 8.37. The second kappa shape index (κ2) is 16.1. The van der Waals surface area contributed by atoms with Crippen molar-refractivity contribution in [2.45, 2.75) is 83.7 Å². The number of hydrogen-bond donors (Lipinski definition) is 2. The van der Waals surface area contributed by atoms with E-state index < -0.39 is 5.97 Å². The number of allylic oxidation sites excluding steroid dienone is 1. The lowest BCUT2D eigenvalue weighted by Gasteiger charge is -2.07. The van der Waals surface area contributed by atoms with Crippen molar-refractivity contribution in [3.63, 3.8) is 0 Å². The summed E-state index contributed by atoms with van der Waals surface area (Å²) in [5.74, 6) is 5.31. The van der Waals surface area contributed by atoms with Gasteiger partial charge in [-0.25, -0.2) is 4.89 Å². The Morgan fingerprint density at radius 3 is 2.55 bits per heavy atom. The second-order valence-electron chi connectivity index (χ2n) is 5.48. The molecule has 0 bridgehead atoms. The molecule has 0 aromatic heterocycles. The Balaban J connectivity index is 3.63. The van der Waals surface area contributed by atoms with Crippen LogP contribution in [0.3, 0.4) is 0 Å². The molecule has 0 amide bonds. The molecule has 0 aromatic carbocycles. The fourth-order valence-electron chi connectivity index (χ4n) is 2.09. The maximum atomic E-state index is 10.4. The van der Waals surface area contributed by atoms with E-state index in [0.717, 1.165) is 51.4 Å². The Hall–Kier alpha value is -1.31. The third kappa shape index (κ3) is 15.1. The van der Waals surface area contributed by atoms with Crippen LogP contribution in [0.15, 0.2) is 12.2 Å². The van der Waals surface area contributed by atoms with Gasteiger partial charge >= 0.3 is 5.97 Å². The second-order valence-corrected chi connectivity index (χ2v) is 5.48. The highest BCUT2D eigenvalue weighted by Gasteiger charge is 2.03. The van der Waals surface area contributed by atoms with Crippen LogP contribution in [0.1, 0.15) is 77.6 Å². The molecule has 126 valence electrons. The van der Waals surface area contributed by atoms with Crippen molar-refractivity contribution in [2.75, 3.05) is 0 Å². The van der Waals surface area contributed by atoms with Crippen LogP contribution >= 0.6 is 0 Å². The minimum atomic E-state index is -0.727. The molecule has 0 rings (SSSR count). The normalized spacial score (nSPS) is 12.1. The Morgan fingerprint density at radius 1 is 1.14 bits per heavy atom. The van der Waals surface area contributed by atoms with Crippen LogP contribution in [0.2, 0.25) is 0 Å². The van der Waals surface area contributed by atoms with Crippen molar-refractivity contribution in [1.29, 1.82) is 0 Å². The SMILES string of the molecule is CCCCCC#C/C=C/C(CCCCCCCC(=O)O)OO. The molecule has 0 aromatic rings. The first-order valence-electron chi connectivity index (χ1n) is 8.37. The van der Waals surface area contributed by atoms with Crippen molar-refractivity contribution in [1.82, 2.24) is 0 Å². The summed E-state index contributed by atoms with van der Waals surface area (Å²) in [6.45, 7) is 2.17. The number of carbonyl (C=O) groups is 1. The lowest BCUT2D eigenvalue weighted by Crippen LogP contribution is -2.06. The molecule has 1 atom stereocenters. The monoisotopic (exact) mass is 310 g/mol. The van der Waals surface area contributed by atoms with Gasteiger partial charge in [-0.2, -0.15) is 0 Å². The predicted octanol–water partition coefficient (Wildman–Crippen LogP) is 4.80. The molecule has 0 spiro atoms. The van der Waals surface area contributed by atoms with Crippen molar-refractivity contribution in [3.05, 3.63) is 12.2 Å². The zero-order valence-corrected chi connectivity index (χ0v) is 13.7. The minimum absolute atomic E-state index is 0.252. The lowest BCUT2D eigenvalue weighted by molar-refractivity contribution is -0.267. The van der Waals surface area contributed by atoms with Crippen LogP contribution in [0.25, 0.3) is 0 Å². The Labute approximate surface area is 134 Å². The van der Waals surface area contributed by atoms with Crippen LogP contribution in [0, 0.1) is 11.8 Å². The third-order valence-electron chi connectivity index (χ3n) is 3.42. The highest BCUT2D eigenvalue weighted by molar-refractivity contribution is 5.66. The maximum Gasteiger partial charge on any atom is 0.303 e. The maximum absolute atomic E-state index is 10.4. The highest BCUT2D eigenvalue weighted by Crippen LogP contribution is 2.11. The van der Waals surface area contributed by atoms with Gasteiger partial charge in [0.15, 0.2) is 0 Å². The van der Waals surface area contributed by atoms with Gasteiger partial charge in [-0.15, -0.1) is 0 Å². The summed E-state index contributed by atoms with van der Waals surface area (Å²) < 4.78 is 0.